The third kappa shape index (κ3) is 3.67. The number of rotatable bonds is 3. The van der Waals surface area contributed by atoms with E-state index in [2.05, 4.69) is 5.32 Å². The minimum atomic E-state index is -0.529. The number of hydrogen-bond donors (Lipinski definition) is 1. The maximum Gasteiger partial charge on any atom is 0.227 e. The van der Waals surface area contributed by atoms with Crippen LogP contribution in [0.25, 0.3) is 0 Å². The number of nitrogens with zero attached hydrogens (tertiary/aromatic N) is 1. The van der Waals surface area contributed by atoms with Crippen molar-refractivity contribution in [1.29, 1.82) is 0 Å². The predicted molar refractivity (Wildman–Crippen MR) is 103 cm³/mol. The summed E-state index contributed by atoms with van der Waals surface area (Å²) in [5, 5.41) is 3.13. The van der Waals surface area contributed by atoms with Crippen LogP contribution in [-0.2, 0) is 19.1 Å². The smallest absolute Gasteiger partial charge is 0.227 e. The lowest BCUT2D eigenvalue weighted by Gasteiger charge is -2.36. The Hall–Kier alpha value is -2.32. The van der Waals surface area contributed by atoms with E-state index in [9.17, 15) is 9.59 Å². The molecule has 3 fully saturated rings. The molecule has 0 unspecified atom stereocenters. The minimum absolute atomic E-state index is 0.0211. The normalized spacial score (nSPS) is 28.0. The van der Waals surface area contributed by atoms with Gasteiger partial charge < -0.3 is 29.2 Å². The van der Waals surface area contributed by atoms with E-state index in [-0.39, 0.29) is 30.2 Å². The van der Waals surface area contributed by atoms with Gasteiger partial charge in [0.05, 0.1) is 19.1 Å². The molecule has 0 aromatic heterocycles. The fourth-order valence-corrected chi connectivity index (χ4v) is 4.73. The number of carbonyl (C=O) groups excluding carboxylic acids is 2. The average molecular weight is 402 g/mol. The molecule has 29 heavy (non-hydrogen) atoms. The molecule has 1 aliphatic carbocycles. The van der Waals surface area contributed by atoms with Crippen LogP contribution in [-0.4, -0.2) is 56.6 Å². The quantitative estimate of drug-likeness (QED) is 0.827. The molecular formula is C21H26N2O6. The van der Waals surface area contributed by atoms with Gasteiger partial charge >= 0.3 is 0 Å². The van der Waals surface area contributed by atoms with Crippen molar-refractivity contribution in [2.45, 2.75) is 43.9 Å². The van der Waals surface area contributed by atoms with E-state index in [0.29, 0.717) is 50.9 Å². The standard InChI is InChI=1S/C21H26N2O6/c24-19-10-14(13-23(19)16-3-4-17-18(11-16)27-7-6-26-17)20(25)22-15-2-1-5-21(12-15)28-8-9-29-21/h3-4,11,14-15H,1-2,5-10,12-13H2,(H,22,25)/t14-,15-/m0/s1. The molecule has 1 saturated carbocycles. The maximum absolute atomic E-state index is 12.9. The average Bonchev–Trinajstić information content (AvgIpc) is 3.34. The Morgan fingerprint density at radius 3 is 2.72 bits per heavy atom. The molecule has 8 heteroatoms. The lowest BCUT2D eigenvalue weighted by molar-refractivity contribution is -0.182. The highest BCUT2D eigenvalue weighted by Crippen LogP contribution is 2.37. The van der Waals surface area contributed by atoms with Gasteiger partial charge in [0.25, 0.3) is 0 Å². The molecule has 4 aliphatic rings. The van der Waals surface area contributed by atoms with Crippen LogP contribution in [0.5, 0.6) is 11.5 Å². The van der Waals surface area contributed by atoms with Crippen molar-refractivity contribution < 1.29 is 28.5 Å². The van der Waals surface area contributed by atoms with Gasteiger partial charge in [-0.3, -0.25) is 9.59 Å². The van der Waals surface area contributed by atoms with Crippen LogP contribution in [0.2, 0.25) is 0 Å². The van der Waals surface area contributed by atoms with E-state index in [4.69, 9.17) is 18.9 Å². The Kier molecular flexibility index (Phi) is 4.83. The molecule has 3 aliphatic heterocycles. The lowest BCUT2D eigenvalue weighted by atomic mass is 9.89. The van der Waals surface area contributed by atoms with Crippen molar-refractivity contribution in [3.63, 3.8) is 0 Å². The second kappa shape index (κ2) is 7.50. The van der Waals surface area contributed by atoms with Crippen LogP contribution in [0.1, 0.15) is 32.1 Å². The van der Waals surface area contributed by atoms with Crippen molar-refractivity contribution >= 4 is 17.5 Å². The summed E-state index contributed by atoms with van der Waals surface area (Å²) in [4.78, 5) is 27.1. The van der Waals surface area contributed by atoms with E-state index < -0.39 is 5.79 Å². The summed E-state index contributed by atoms with van der Waals surface area (Å²) >= 11 is 0. The summed E-state index contributed by atoms with van der Waals surface area (Å²) < 4.78 is 22.7. The third-order valence-corrected chi connectivity index (χ3v) is 6.16. The molecule has 5 rings (SSSR count). The molecule has 1 N–H and O–H groups in total. The Morgan fingerprint density at radius 2 is 1.90 bits per heavy atom. The third-order valence-electron chi connectivity index (χ3n) is 6.16. The molecule has 8 nitrogen and oxygen atoms in total. The van der Waals surface area contributed by atoms with E-state index in [0.717, 1.165) is 24.9 Å². The van der Waals surface area contributed by atoms with Crippen LogP contribution in [0.3, 0.4) is 0 Å². The topological polar surface area (TPSA) is 86.3 Å². The number of benzene rings is 1. The van der Waals surface area contributed by atoms with Crippen LogP contribution in [0, 0.1) is 5.92 Å². The first-order valence-corrected chi connectivity index (χ1v) is 10.4. The Labute approximate surface area is 169 Å². The first-order chi connectivity index (χ1) is 14.1. The highest BCUT2D eigenvalue weighted by atomic mass is 16.7. The lowest BCUT2D eigenvalue weighted by Crippen LogP contribution is -2.48. The minimum Gasteiger partial charge on any atom is -0.486 e. The molecule has 1 aromatic rings. The van der Waals surface area contributed by atoms with E-state index in [1.54, 1.807) is 4.90 Å². The van der Waals surface area contributed by atoms with Gasteiger partial charge in [-0.05, 0) is 25.0 Å². The van der Waals surface area contributed by atoms with Gasteiger partial charge in [-0.1, -0.05) is 0 Å². The summed E-state index contributed by atoms with van der Waals surface area (Å²) in [6.07, 6.45) is 3.63. The SMILES string of the molecule is O=C(N[C@H]1CCCC2(C1)OCCO2)[C@H]1CC(=O)N(c2ccc3c(c2)OCCO3)C1. The second-order valence-electron chi connectivity index (χ2n) is 8.14. The van der Waals surface area contributed by atoms with Gasteiger partial charge in [0.1, 0.15) is 13.2 Å². The number of carbonyl (C=O) groups is 2. The summed E-state index contributed by atoms with van der Waals surface area (Å²) in [6.45, 7) is 2.61. The molecule has 1 aromatic carbocycles. The zero-order valence-electron chi connectivity index (χ0n) is 16.4. The maximum atomic E-state index is 12.9. The number of amides is 2. The number of anilines is 1. The van der Waals surface area contributed by atoms with E-state index in [1.807, 2.05) is 18.2 Å². The second-order valence-corrected chi connectivity index (χ2v) is 8.14. The zero-order valence-corrected chi connectivity index (χ0v) is 16.4. The monoisotopic (exact) mass is 402 g/mol. The molecule has 156 valence electrons. The highest BCUT2D eigenvalue weighted by molar-refractivity contribution is 6.00. The molecule has 0 bridgehead atoms. The van der Waals surface area contributed by atoms with Crippen molar-refractivity contribution in [3.05, 3.63) is 18.2 Å². The fraction of sp³-hybridized carbons (Fsp3) is 0.619. The van der Waals surface area contributed by atoms with Gasteiger partial charge in [-0.15, -0.1) is 0 Å². The fourth-order valence-electron chi connectivity index (χ4n) is 4.73. The number of hydrogen-bond acceptors (Lipinski definition) is 6. The largest absolute Gasteiger partial charge is 0.486 e. The molecule has 0 radical (unpaired) electrons. The number of ether oxygens (including phenoxy) is 4. The Balaban J connectivity index is 1.22. The zero-order chi connectivity index (χ0) is 19.8. The van der Waals surface area contributed by atoms with Crippen molar-refractivity contribution in [2.24, 2.45) is 5.92 Å². The Morgan fingerprint density at radius 1 is 1.10 bits per heavy atom. The highest BCUT2D eigenvalue weighted by Gasteiger charge is 2.43. The molecule has 2 saturated heterocycles. The van der Waals surface area contributed by atoms with Crippen molar-refractivity contribution in [2.75, 3.05) is 37.9 Å². The van der Waals surface area contributed by atoms with Gasteiger partial charge in [0.15, 0.2) is 17.3 Å². The van der Waals surface area contributed by atoms with Crippen LogP contribution >= 0.6 is 0 Å². The van der Waals surface area contributed by atoms with Crippen molar-refractivity contribution in [1.82, 2.24) is 5.32 Å². The van der Waals surface area contributed by atoms with Crippen LogP contribution < -0.4 is 19.7 Å². The molecule has 1 spiro atoms. The molecule has 2 amide bonds. The first kappa shape index (κ1) is 18.7. The van der Waals surface area contributed by atoms with E-state index in [1.165, 1.54) is 0 Å². The predicted octanol–water partition coefficient (Wildman–Crippen LogP) is 1.61. The Bertz CT molecular complexity index is 806. The van der Waals surface area contributed by atoms with E-state index >= 15 is 0 Å². The molecular weight excluding hydrogens is 376 g/mol. The summed E-state index contributed by atoms with van der Waals surface area (Å²) in [5.41, 5.74) is 0.735. The molecule has 2 atom stereocenters. The number of fused-ring (bicyclic) bond motifs is 1. The van der Waals surface area contributed by atoms with Crippen LogP contribution in [0.4, 0.5) is 5.69 Å². The number of nitrogens with one attached hydrogen (secondary N) is 1. The van der Waals surface area contributed by atoms with Crippen molar-refractivity contribution in [3.8, 4) is 11.5 Å². The summed E-state index contributed by atoms with van der Waals surface area (Å²) in [7, 11) is 0. The summed E-state index contributed by atoms with van der Waals surface area (Å²) in [5.74, 6) is 0.308. The van der Waals surface area contributed by atoms with Gasteiger partial charge in [0.2, 0.25) is 11.8 Å². The van der Waals surface area contributed by atoms with Gasteiger partial charge in [-0.2, -0.15) is 0 Å². The van der Waals surface area contributed by atoms with Crippen LogP contribution in [0.15, 0.2) is 18.2 Å². The van der Waals surface area contributed by atoms with Gasteiger partial charge in [-0.25, -0.2) is 0 Å². The van der Waals surface area contributed by atoms with Gasteiger partial charge in [0, 0.05) is 43.6 Å². The molecule has 3 heterocycles. The first-order valence-electron chi connectivity index (χ1n) is 10.4. The summed E-state index contributed by atoms with van der Waals surface area (Å²) in [6, 6.07) is 5.48.